The molecule has 2 heterocycles. The Morgan fingerprint density at radius 3 is 2.00 bits per heavy atom. The highest BCUT2D eigenvalue weighted by Gasteiger charge is 2.16. The molecule has 0 aliphatic rings. The average molecular weight is 434 g/mol. The van der Waals surface area contributed by atoms with Crippen molar-refractivity contribution in [3.63, 3.8) is 0 Å². The molecule has 156 valence electrons. The Hall–Kier alpha value is -3.49. The summed E-state index contributed by atoms with van der Waals surface area (Å²) in [6.45, 7) is 3.66. The maximum atomic E-state index is 13.3. The van der Waals surface area contributed by atoms with Gasteiger partial charge in [0.05, 0.1) is 16.6 Å². The third kappa shape index (κ3) is 3.20. The van der Waals surface area contributed by atoms with Gasteiger partial charge in [-0.05, 0) is 55.3 Å². The Labute approximate surface area is 176 Å². The topological polar surface area (TPSA) is 120 Å². The number of rotatable bonds is 2. The van der Waals surface area contributed by atoms with Crippen LogP contribution in [0.15, 0.2) is 52.1 Å². The van der Waals surface area contributed by atoms with E-state index in [2.05, 4.69) is 9.97 Å². The maximum absolute atomic E-state index is 13.3. The zero-order valence-corrected chi connectivity index (χ0v) is 17.6. The lowest BCUT2D eigenvalue weighted by Gasteiger charge is -2.10. The van der Waals surface area contributed by atoms with Crippen molar-refractivity contribution in [2.24, 2.45) is 0 Å². The van der Waals surface area contributed by atoms with Crippen LogP contribution in [0.5, 0.6) is 0 Å². The number of benzene rings is 3. The molecule has 0 fully saturated rings. The van der Waals surface area contributed by atoms with E-state index >= 15 is 0 Å². The van der Waals surface area contributed by atoms with Gasteiger partial charge in [-0.25, -0.2) is 0 Å². The fourth-order valence-electron chi connectivity index (χ4n) is 4.21. The van der Waals surface area contributed by atoms with Crippen molar-refractivity contribution in [2.75, 3.05) is 0 Å². The van der Waals surface area contributed by atoms with Crippen LogP contribution in [0.2, 0.25) is 0 Å². The first-order valence-electron chi connectivity index (χ1n) is 9.61. The summed E-state index contributed by atoms with van der Waals surface area (Å²) in [7, 11) is -4.30. The molecule has 8 heteroatoms. The van der Waals surface area contributed by atoms with Gasteiger partial charge in [0, 0.05) is 27.1 Å². The quantitative estimate of drug-likeness (QED) is 0.289. The Balaban J connectivity index is 1.94. The molecule has 0 amide bonds. The average Bonchev–Trinajstić information content (AvgIpc) is 2.68. The molecular formula is C23H18N2O5S. The van der Waals surface area contributed by atoms with Crippen molar-refractivity contribution < 1.29 is 13.0 Å². The van der Waals surface area contributed by atoms with Crippen LogP contribution in [0.4, 0.5) is 0 Å². The lowest BCUT2D eigenvalue weighted by molar-refractivity contribution is 0.482. The van der Waals surface area contributed by atoms with Crippen LogP contribution in [0, 0.1) is 13.8 Å². The Bertz CT molecular complexity index is 1800. The number of aromatic amines is 2. The predicted molar refractivity (Wildman–Crippen MR) is 122 cm³/mol. The number of hydrogen-bond acceptors (Lipinski definition) is 4. The van der Waals surface area contributed by atoms with Gasteiger partial charge in [0.25, 0.3) is 10.1 Å². The van der Waals surface area contributed by atoms with E-state index in [1.807, 2.05) is 25.1 Å². The van der Waals surface area contributed by atoms with Crippen molar-refractivity contribution in [2.45, 2.75) is 19.6 Å². The number of aromatic nitrogens is 2. The monoisotopic (exact) mass is 434 g/mol. The molecule has 3 aromatic carbocycles. The molecule has 5 rings (SSSR count). The van der Waals surface area contributed by atoms with Gasteiger partial charge in [0.2, 0.25) is 0 Å². The Morgan fingerprint density at radius 2 is 1.32 bits per heavy atom. The number of hydrogen-bond donors (Lipinski definition) is 3. The second-order valence-corrected chi connectivity index (χ2v) is 9.43. The molecule has 0 saturated heterocycles. The summed E-state index contributed by atoms with van der Waals surface area (Å²) in [5.41, 5.74) is 3.49. The van der Waals surface area contributed by atoms with Crippen LogP contribution in [-0.4, -0.2) is 22.9 Å². The summed E-state index contributed by atoms with van der Waals surface area (Å²) >= 11 is 0. The van der Waals surface area contributed by atoms with Crippen LogP contribution >= 0.6 is 0 Å². The molecule has 0 aliphatic heterocycles. The highest BCUT2D eigenvalue weighted by molar-refractivity contribution is 7.85. The highest BCUT2D eigenvalue weighted by Crippen LogP contribution is 2.25. The lowest BCUT2D eigenvalue weighted by Crippen LogP contribution is -2.10. The van der Waals surface area contributed by atoms with Crippen molar-refractivity contribution in [1.82, 2.24) is 9.97 Å². The first-order chi connectivity index (χ1) is 14.6. The molecule has 3 N–H and O–H groups in total. The Morgan fingerprint density at radius 1 is 0.742 bits per heavy atom. The molecule has 7 nitrogen and oxygen atoms in total. The van der Waals surface area contributed by atoms with E-state index in [0.717, 1.165) is 5.56 Å². The van der Waals surface area contributed by atoms with E-state index in [1.165, 1.54) is 0 Å². The van der Waals surface area contributed by atoms with Gasteiger partial charge >= 0.3 is 0 Å². The number of H-pyrrole nitrogens is 2. The van der Waals surface area contributed by atoms with Gasteiger partial charge in [-0.2, -0.15) is 8.42 Å². The second kappa shape index (κ2) is 6.50. The summed E-state index contributed by atoms with van der Waals surface area (Å²) in [6.07, 6.45) is 0. The lowest BCUT2D eigenvalue weighted by atomic mass is 10.0. The predicted octanol–water partition coefficient (Wildman–Crippen LogP) is 3.68. The molecule has 5 aromatic rings. The van der Waals surface area contributed by atoms with Gasteiger partial charge in [-0.1, -0.05) is 17.7 Å². The molecule has 0 radical (unpaired) electrons. The van der Waals surface area contributed by atoms with Gasteiger partial charge in [-0.3, -0.25) is 14.1 Å². The fraction of sp³-hybridized carbons (Fsp3) is 0.130. The molecule has 0 atom stereocenters. The van der Waals surface area contributed by atoms with Gasteiger partial charge in [-0.15, -0.1) is 0 Å². The van der Waals surface area contributed by atoms with Gasteiger partial charge in [0.15, 0.2) is 10.9 Å². The largest absolute Gasteiger partial charge is 0.354 e. The second-order valence-electron chi connectivity index (χ2n) is 7.97. The molecule has 2 aromatic heterocycles. The van der Waals surface area contributed by atoms with Crippen LogP contribution < -0.4 is 10.9 Å². The Kier molecular flexibility index (Phi) is 4.08. The fourth-order valence-corrected chi connectivity index (χ4v) is 4.83. The number of aryl methyl sites for hydroxylation is 2. The van der Waals surface area contributed by atoms with E-state index in [4.69, 9.17) is 0 Å². The van der Waals surface area contributed by atoms with Crippen molar-refractivity contribution >= 4 is 53.7 Å². The minimum Gasteiger partial charge on any atom is -0.354 e. The van der Waals surface area contributed by atoms with E-state index in [0.29, 0.717) is 54.7 Å². The van der Waals surface area contributed by atoms with Crippen LogP contribution in [0.1, 0.15) is 16.7 Å². The highest BCUT2D eigenvalue weighted by atomic mass is 32.2. The minimum atomic E-state index is -4.30. The van der Waals surface area contributed by atoms with Crippen molar-refractivity contribution in [1.29, 1.82) is 0 Å². The summed E-state index contributed by atoms with van der Waals surface area (Å²) < 4.78 is 32.3. The van der Waals surface area contributed by atoms with E-state index in [1.54, 1.807) is 31.2 Å². The van der Waals surface area contributed by atoms with Crippen LogP contribution in [-0.2, 0) is 15.9 Å². The third-order valence-electron chi connectivity index (χ3n) is 5.54. The molecule has 0 bridgehead atoms. The SMILES string of the molecule is Cc1ccc2[nH]c3cc4c(=O)c5cc(C)cc(CS(=O)(=O)O)c5[nH]c4cc3c(=O)c2c1. The van der Waals surface area contributed by atoms with Crippen molar-refractivity contribution in [3.05, 3.63) is 79.6 Å². The maximum Gasteiger partial charge on any atom is 0.269 e. The zero-order chi connectivity index (χ0) is 22.1. The van der Waals surface area contributed by atoms with E-state index in [9.17, 15) is 22.6 Å². The van der Waals surface area contributed by atoms with Gasteiger partial charge < -0.3 is 9.97 Å². The van der Waals surface area contributed by atoms with Crippen LogP contribution in [0.3, 0.4) is 0 Å². The summed E-state index contributed by atoms with van der Waals surface area (Å²) in [5, 5.41) is 1.68. The number of fused-ring (bicyclic) bond motifs is 4. The smallest absolute Gasteiger partial charge is 0.269 e. The minimum absolute atomic E-state index is 0.155. The molecule has 0 unspecified atom stereocenters. The summed E-state index contributed by atoms with van der Waals surface area (Å²) in [4.78, 5) is 32.7. The molecular weight excluding hydrogens is 416 g/mol. The molecule has 0 spiro atoms. The van der Waals surface area contributed by atoms with Crippen molar-refractivity contribution in [3.8, 4) is 0 Å². The van der Waals surface area contributed by atoms with E-state index in [-0.39, 0.29) is 10.9 Å². The first-order valence-corrected chi connectivity index (χ1v) is 11.2. The zero-order valence-electron chi connectivity index (χ0n) is 16.7. The van der Waals surface area contributed by atoms with Gasteiger partial charge in [0.1, 0.15) is 5.75 Å². The third-order valence-corrected chi connectivity index (χ3v) is 6.22. The summed E-state index contributed by atoms with van der Waals surface area (Å²) in [5.74, 6) is -0.620. The van der Waals surface area contributed by atoms with E-state index < -0.39 is 15.9 Å². The summed E-state index contributed by atoms with van der Waals surface area (Å²) in [6, 6.07) is 12.1. The standard InChI is InChI=1S/C23H18N2O5S/c1-11-3-4-18-14(6-11)22(26)15-9-20-16(8-19(15)24-18)23(27)17-7-12(2)5-13(21(17)25-20)10-31(28,29)30/h3-9H,10H2,1-2H3,(H,24,26)(H,25,27)(H,28,29,30). The number of nitrogens with one attached hydrogen (secondary N) is 2. The molecule has 0 aliphatic carbocycles. The molecule has 0 saturated carbocycles. The molecule has 31 heavy (non-hydrogen) atoms. The first kappa shape index (κ1) is 19.5. The number of pyridine rings is 2. The van der Waals surface area contributed by atoms with Crippen LogP contribution in [0.25, 0.3) is 43.6 Å². The normalized spacial score (nSPS) is 12.4.